The standard InChI is InChI=1S/C27H35N3O4S2/c1-19-7-6-12-29(17-19)36(31,32)24-10-11-26-25(16-24)28-27(30(26)21-8-4-5-9-21)35-18-20-13-22(33-2)15-23(14-20)34-3/h10-11,13-16,19,21H,4-9,12,17-18H2,1-3H3/t19-/m1/s1. The van der Waals surface area contributed by atoms with Gasteiger partial charge in [0.2, 0.25) is 10.0 Å². The molecule has 0 radical (unpaired) electrons. The molecule has 1 aliphatic carbocycles. The zero-order chi connectivity index (χ0) is 25.3. The molecule has 1 saturated carbocycles. The van der Waals surface area contributed by atoms with Crippen LogP contribution in [-0.2, 0) is 15.8 Å². The highest BCUT2D eigenvalue weighted by Gasteiger charge is 2.30. The molecule has 36 heavy (non-hydrogen) atoms. The molecule has 3 aromatic rings. The second-order valence-corrected chi connectivity index (χ2v) is 12.9. The van der Waals surface area contributed by atoms with Crippen molar-refractivity contribution in [1.29, 1.82) is 0 Å². The minimum atomic E-state index is -3.53. The van der Waals surface area contributed by atoms with Crippen LogP contribution in [0.25, 0.3) is 11.0 Å². The zero-order valence-electron chi connectivity index (χ0n) is 21.3. The number of sulfonamides is 1. The van der Waals surface area contributed by atoms with Gasteiger partial charge in [0.1, 0.15) is 11.5 Å². The highest BCUT2D eigenvalue weighted by molar-refractivity contribution is 7.98. The maximum Gasteiger partial charge on any atom is 0.243 e. The van der Waals surface area contributed by atoms with E-state index in [2.05, 4.69) is 11.5 Å². The van der Waals surface area contributed by atoms with Gasteiger partial charge in [-0.3, -0.25) is 0 Å². The number of thioether (sulfide) groups is 1. The fraction of sp³-hybridized carbons (Fsp3) is 0.519. The lowest BCUT2D eigenvalue weighted by molar-refractivity contribution is 0.281. The van der Waals surface area contributed by atoms with E-state index in [0.717, 1.165) is 58.9 Å². The lowest BCUT2D eigenvalue weighted by Crippen LogP contribution is -2.39. The Labute approximate surface area is 218 Å². The van der Waals surface area contributed by atoms with Gasteiger partial charge < -0.3 is 14.0 Å². The van der Waals surface area contributed by atoms with Gasteiger partial charge in [-0.15, -0.1) is 0 Å². The van der Waals surface area contributed by atoms with Crippen LogP contribution in [-0.4, -0.2) is 49.6 Å². The summed E-state index contributed by atoms with van der Waals surface area (Å²) in [5, 5.41) is 0.930. The molecule has 0 spiro atoms. The number of nitrogens with zero attached hydrogens (tertiary/aromatic N) is 3. The Morgan fingerprint density at radius 1 is 1.00 bits per heavy atom. The molecule has 1 atom stereocenters. The third-order valence-electron chi connectivity index (χ3n) is 7.36. The lowest BCUT2D eigenvalue weighted by Gasteiger charge is -2.30. The minimum Gasteiger partial charge on any atom is -0.497 e. The Morgan fingerprint density at radius 3 is 2.39 bits per heavy atom. The Balaban J connectivity index is 1.48. The van der Waals surface area contributed by atoms with Crippen LogP contribution in [0.3, 0.4) is 0 Å². The van der Waals surface area contributed by atoms with Crippen molar-refractivity contribution in [3.05, 3.63) is 42.0 Å². The molecular weight excluding hydrogens is 494 g/mol. The largest absolute Gasteiger partial charge is 0.497 e. The molecule has 1 aliphatic heterocycles. The second-order valence-electron chi connectivity index (χ2n) is 9.97. The van der Waals surface area contributed by atoms with Crippen molar-refractivity contribution in [1.82, 2.24) is 13.9 Å². The number of fused-ring (bicyclic) bond motifs is 1. The summed E-state index contributed by atoms with van der Waals surface area (Å²) in [6.07, 6.45) is 6.66. The van der Waals surface area contributed by atoms with Gasteiger partial charge in [-0.1, -0.05) is 31.5 Å². The smallest absolute Gasteiger partial charge is 0.243 e. The number of hydrogen-bond acceptors (Lipinski definition) is 6. The fourth-order valence-corrected chi connectivity index (χ4v) is 8.08. The molecule has 0 amide bonds. The van der Waals surface area contributed by atoms with E-state index >= 15 is 0 Å². The van der Waals surface area contributed by atoms with E-state index in [1.54, 1.807) is 42.4 Å². The summed E-state index contributed by atoms with van der Waals surface area (Å²) >= 11 is 1.67. The van der Waals surface area contributed by atoms with Gasteiger partial charge in [0.15, 0.2) is 5.16 Å². The molecule has 0 unspecified atom stereocenters. The van der Waals surface area contributed by atoms with E-state index < -0.39 is 10.0 Å². The molecule has 2 aromatic carbocycles. The van der Waals surface area contributed by atoms with Crippen molar-refractivity contribution in [2.75, 3.05) is 27.3 Å². The normalized spacial score (nSPS) is 19.7. The first kappa shape index (κ1) is 25.4. The van der Waals surface area contributed by atoms with Crippen LogP contribution in [0.4, 0.5) is 0 Å². The summed E-state index contributed by atoms with van der Waals surface area (Å²) in [6, 6.07) is 11.8. The number of methoxy groups -OCH3 is 2. The van der Waals surface area contributed by atoms with Crippen molar-refractivity contribution < 1.29 is 17.9 Å². The van der Waals surface area contributed by atoms with Gasteiger partial charge in [0, 0.05) is 31.0 Å². The van der Waals surface area contributed by atoms with Gasteiger partial charge in [0.25, 0.3) is 0 Å². The first-order valence-electron chi connectivity index (χ1n) is 12.8. The van der Waals surface area contributed by atoms with Crippen LogP contribution < -0.4 is 9.47 Å². The fourth-order valence-electron chi connectivity index (χ4n) is 5.45. The lowest BCUT2D eigenvalue weighted by atomic mass is 10.0. The van der Waals surface area contributed by atoms with Gasteiger partial charge in [-0.05, 0) is 67.5 Å². The first-order valence-corrected chi connectivity index (χ1v) is 15.2. The van der Waals surface area contributed by atoms with Crippen molar-refractivity contribution in [2.24, 2.45) is 5.92 Å². The van der Waals surface area contributed by atoms with E-state index in [-0.39, 0.29) is 0 Å². The quantitative estimate of drug-likeness (QED) is 0.339. The van der Waals surface area contributed by atoms with Crippen LogP contribution in [0.1, 0.15) is 57.1 Å². The van der Waals surface area contributed by atoms with Gasteiger partial charge >= 0.3 is 0 Å². The van der Waals surface area contributed by atoms with E-state index in [9.17, 15) is 8.42 Å². The molecule has 9 heteroatoms. The predicted octanol–water partition coefficient (Wildman–Crippen LogP) is 5.88. The molecule has 1 saturated heterocycles. The number of hydrogen-bond donors (Lipinski definition) is 0. The highest BCUT2D eigenvalue weighted by atomic mass is 32.2. The monoisotopic (exact) mass is 529 g/mol. The average molecular weight is 530 g/mol. The van der Waals surface area contributed by atoms with E-state index in [1.165, 1.54) is 12.8 Å². The predicted molar refractivity (Wildman–Crippen MR) is 144 cm³/mol. The summed E-state index contributed by atoms with van der Waals surface area (Å²) < 4.78 is 41.7. The summed E-state index contributed by atoms with van der Waals surface area (Å²) in [4.78, 5) is 5.31. The van der Waals surface area contributed by atoms with Gasteiger partial charge in [-0.25, -0.2) is 13.4 Å². The summed E-state index contributed by atoms with van der Waals surface area (Å²) in [5.41, 5.74) is 2.85. The van der Waals surface area contributed by atoms with Crippen LogP contribution in [0.5, 0.6) is 11.5 Å². The van der Waals surface area contributed by atoms with Crippen LogP contribution in [0.2, 0.25) is 0 Å². The average Bonchev–Trinajstić information content (AvgIpc) is 3.54. The molecule has 0 bridgehead atoms. The summed E-state index contributed by atoms with van der Waals surface area (Å²) in [7, 11) is -0.222. The van der Waals surface area contributed by atoms with Crippen LogP contribution >= 0.6 is 11.8 Å². The number of benzene rings is 2. The summed E-state index contributed by atoms with van der Waals surface area (Å²) in [6.45, 7) is 3.30. The molecular formula is C27H35N3O4S2. The summed E-state index contributed by atoms with van der Waals surface area (Å²) in [5.74, 6) is 2.62. The van der Waals surface area contributed by atoms with Gasteiger partial charge in [-0.2, -0.15) is 4.31 Å². The SMILES string of the molecule is COc1cc(CSc2nc3cc(S(=O)(=O)N4CCC[C@@H](C)C4)ccc3n2C2CCCC2)cc(OC)c1. The molecule has 2 aliphatic rings. The number of imidazole rings is 1. The third kappa shape index (κ3) is 5.10. The van der Waals surface area contributed by atoms with Crippen LogP contribution in [0, 0.1) is 5.92 Å². The van der Waals surface area contributed by atoms with E-state index in [0.29, 0.717) is 35.7 Å². The van der Waals surface area contributed by atoms with Crippen molar-refractivity contribution >= 4 is 32.8 Å². The van der Waals surface area contributed by atoms with Crippen molar-refractivity contribution in [2.45, 2.75) is 67.3 Å². The van der Waals surface area contributed by atoms with E-state index in [1.807, 2.05) is 24.3 Å². The molecule has 5 rings (SSSR count). The van der Waals surface area contributed by atoms with Crippen molar-refractivity contribution in [3.8, 4) is 11.5 Å². The van der Waals surface area contributed by atoms with Crippen molar-refractivity contribution in [3.63, 3.8) is 0 Å². The topological polar surface area (TPSA) is 73.7 Å². The maximum atomic E-state index is 13.4. The van der Waals surface area contributed by atoms with Crippen LogP contribution in [0.15, 0.2) is 46.5 Å². The molecule has 2 fully saturated rings. The maximum absolute atomic E-state index is 13.4. The zero-order valence-corrected chi connectivity index (χ0v) is 22.9. The number of piperidine rings is 1. The molecule has 0 N–H and O–H groups in total. The molecule has 7 nitrogen and oxygen atoms in total. The number of ether oxygens (including phenoxy) is 2. The Bertz CT molecular complexity index is 1310. The Morgan fingerprint density at radius 2 is 1.72 bits per heavy atom. The van der Waals surface area contributed by atoms with Gasteiger partial charge in [0.05, 0.1) is 30.1 Å². The third-order valence-corrected chi connectivity index (χ3v) is 10.2. The number of rotatable bonds is 8. The Kier molecular flexibility index (Phi) is 7.51. The van der Waals surface area contributed by atoms with E-state index in [4.69, 9.17) is 14.5 Å². The Hall–Kier alpha value is -2.23. The molecule has 1 aromatic heterocycles. The second kappa shape index (κ2) is 10.6. The highest BCUT2D eigenvalue weighted by Crippen LogP contribution is 2.38. The molecule has 2 heterocycles. The number of aromatic nitrogens is 2. The first-order chi connectivity index (χ1) is 17.4. The minimum absolute atomic E-state index is 0.342. The molecule has 194 valence electrons.